The quantitative estimate of drug-likeness (QED) is 0.816. The smallest absolute Gasteiger partial charge is 0.241 e. The molecule has 26 heavy (non-hydrogen) atoms. The monoisotopic (exact) mass is 354 g/mol. The molecule has 2 N–H and O–H groups in total. The van der Waals surface area contributed by atoms with E-state index in [-0.39, 0.29) is 30.3 Å². The highest BCUT2D eigenvalue weighted by molar-refractivity contribution is 6.02. The normalized spacial score (nSPS) is 21.2. The van der Waals surface area contributed by atoms with Crippen LogP contribution in [0.3, 0.4) is 0 Å². The van der Waals surface area contributed by atoms with Gasteiger partial charge in [0, 0.05) is 17.8 Å². The van der Waals surface area contributed by atoms with Gasteiger partial charge in [-0.1, -0.05) is 31.0 Å². The number of nitrogens with one attached hydrogen (secondary N) is 2. The Kier molecular flexibility index (Phi) is 4.44. The molecule has 1 aromatic heterocycles. The number of para-hydroxylation sites is 1. The van der Waals surface area contributed by atoms with Crippen LogP contribution in [0.4, 0.5) is 0 Å². The molecular formula is C19H22N4O3. The van der Waals surface area contributed by atoms with Crippen LogP contribution in [0.25, 0.3) is 10.9 Å². The van der Waals surface area contributed by atoms with Crippen molar-refractivity contribution in [3.8, 4) is 0 Å². The van der Waals surface area contributed by atoms with Crippen molar-refractivity contribution in [1.82, 2.24) is 20.4 Å². The molecule has 2 fully saturated rings. The predicted molar refractivity (Wildman–Crippen MR) is 95.3 cm³/mol. The Hall–Kier alpha value is -2.70. The number of hydrogen-bond acceptors (Lipinski definition) is 4. The lowest BCUT2D eigenvalue weighted by Gasteiger charge is -2.19. The molecule has 1 atom stereocenters. The maximum atomic E-state index is 12.4. The summed E-state index contributed by atoms with van der Waals surface area (Å²) >= 11 is 0. The lowest BCUT2D eigenvalue weighted by molar-refractivity contribution is -0.134. The van der Waals surface area contributed by atoms with Gasteiger partial charge >= 0.3 is 0 Å². The van der Waals surface area contributed by atoms with Crippen LogP contribution < -0.4 is 10.6 Å². The maximum absolute atomic E-state index is 12.4. The van der Waals surface area contributed by atoms with Gasteiger partial charge < -0.3 is 5.32 Å². The van der Waals surface area contributed by atoms with E-state index in [4.69, 9.17) is 0 Å². The molecule has 2 heterocycles. The van der Waals surface area contributed by atoms with Crippen LogP contribution in [0.1, 0.15) is 50.1 Å². The molecule has 7 heteroatoms. The standard InChI is InChI=1S/C19H22N4O3/c24-16-10-9-14(19(26)21-16)18-13-7-3-4-8-15(13)23(22-18)11-17(25)20-12-5-1-2-6-12/h3-4,7-8,12,14H,1-2,5-6,9-11H2,(H,20,25)(H,21,24,26). The number of imide groups is 1. The van der Waals surface area contributed by atoms with Crippen molar-refractivity contribution in [1.29, 1.82) is 0 Å². The molecule has 0 spiro atoms. The molecule has 1 unspecified atom stereocenters. The fourth-order valence-corrected chi connectivity index (χ4v) is 3.96. The summed E-state index contributed by atoms with van der Waals surface area (Å²) in [5, 5.41) is 10.9. The summed E-state index contributed by atoms with van der Waals surface area (Å²) in [6.07, 6.45) is 5.14. The number of carbonyl (C=O) groups is 3. The molecule has 4 rings (SSSR count). The molecule has 1 saturated carbocycles. The summed E-state index contributed by atoms with van der Waals surface area (Å²) in [5.74, 6) is -1.07. The maximum Gasteiger partial charge on any atom is 0.241 e. The highest BCUT2D eigenvalue weighted by atomic mass is 16.2. The first kappa shape index (κ1) is 16.8. The highest BCUT2D eigenvalue weighted by Crippen LogP contribution is 2.30. The van der Waals surface area contributed by atoms with Crippen molar-refractivity contribution >= 4 is 28.6 Å². The first-order chi connectivity index (χ1) is 12.6. The van der Waals surface area contributed by atoms with Crippen LogP contribution in [0.2, 0.25) is 0 Å². The first-order valence-corrected chi connectivity index (χ1v) is 9.20. The number of aromatic nitrogens is 2. The molecule has 1 aromatic carbocycles. The Morgan fingerprint density at radius 3 is 2.73 bits per heavy atom. The van der Waals surface area contributed by atoms with Crippen LogP contribution in [0.15, 0.2) is 24.3 Å². The average Bonchev–Trinajstić information content (AvgIpc) is 3.24. The first-order valence-electron chi connectivity index (χ1n) is 9.20. The van der Waals surface area contributed by atoms with E-state index in [2.05, 4.69) is 15.7 Å². The zero-order valence-electron chi connectivity index (χ0n) is 14.5. The Bertz CT molecular complexity index is 867. The minimum Gasteiger partial charge on any atom is -0.352 e. The van der Waals surface area contributed by atoms with E-state index < -0.39 is 5.92 Å². The second kappa shape index (κ2) is 6.90. The molecule has 1 aliphatic carbocycles. The van der Waals surface area contributed by atoms with Gasteiger partial charge in [0.25, 0.3) is 0 Å². The molecule has 0 bridgehead atoms. The highest BCUT2D eigenvalue weighted by Gasteiger charge is 2.32. The number of hydrogen-bond donors (Lipinski definition) is 2. The van der Waals surface area contributed by atoms with Crippen molar-refractivity contribution in [2.75, 3.05) is 0 Å². The summed E-state index contributed by atoms with van der Waals surface area (Å²) in [7, 11) is 0. The van der Waals surface area contributed by atoms with Crippen molar-refractivity contribution in [3.63, 3.8) is 0 Å². The lowest BCUT2D eigenvalue weighted by atomic mass is 9.93. The molecule has 7 nitrogen and oxygen atoms in total. The second-order valence-electron chi connectivity index (χ2n) is 7.11. The molecule has 0 radical (unpaired) electrons. The van der Waals surface area contributed by atoms with Crippen molar-refractivity contribution in [2.45, 2.75) is 57.0 Å². The van der Waals surface area contributed by atoms with Crippen LogP contribution in [0.5, 0.6) is 0 Å². The number of rotatable bonds is 4. The second-order valence-corrected chi connectivity index (χ2v) is 7.11. The van der Waals surface area contributed by atoms with Gasteiger partial charge in [0.1, 0.15) is 6.54 Å². The molecular weight excluding hydrogens is 332 g/mol. The van der Waals surface area contributed by atoms with Crippen LogP contribution in [-0.4, -0.2) is 33.5 Å². The average molecular weight is 354 g/mol. The van der Waals surface area contributed by atoms with Crippen molar-refractivity contribution < 1.29 is 14.4 Å². The molecule has 1 aliphatic heterocycles. The molecule has 2 aliphatic rings. The summed E-state index contributed by atoms with van der Waals surface area (Å²) in [4.78, 5) is 36.1. The number of carbonyl (C=O) groups excluding carboxylic acids is 3. The van der Waals surface area contributed by atoms with Gasteiger partial charge in [0.05, 0.1) is 17.1 Å². The molecule has 2 aromatic rings. The predicted octanol–water partition coefficient (Wildman–Crippen LogP) is 1.62. The number of amides is 3. The SMILES string of the molecule is O=C1CCC(c2nn(CC(=O)NC3CCCC3)c3ccccc23)C(=O)N1. The summed E-state index contributed by atoms with van der Waals surface area (Å²) < 4.78 is 1.67. The van der Waals surface area contributed by atoms with E-state index in [0.29, 0.717) is 18.5 Å². The van der Waals surface area contributed by atoms with Gasteiger partial charge in [-0.3, -0.25) is 24.4 Å². The minimum absolute atomic E-state index is 0.0556. The van der Waals surface area contributed by atoms with E-state index in [1.807, 2.05) is 24.3 Å². The van der Waals surface area contributed by atoms with Crippen LogP contribution >= 0.6 is 0 Å². The summed E-state index contributed by atoms with van der Waals surface area (Å²) in [6.45, 7) is 0.129. The molecule has 1 saturated heterocycles. The topological polar surface area (TPSA) is 93.1 Å². The van der Waals surface area contributed by atoms with Gasteiger partial charge in [-0.15, -0.1) is 0 Å². The van der Waals surface area contributed by atoms with Crippen molar-refractivity contribution in [2.24, 2.45) is 0 Å². The van der Waals surface area contributed by atoms with E-state index >= 15 is 0 Å². The van der Waals surface area contributed by atoms with Crippen LogP contribution in [-0.2, 0) is 20.9 Å². The third kappa shape index (κ3) is 3.21. The van der Waals surface area contributed by atoms with Crippen LogP contribution in [0, 0.1) is 0 Å². The van der Waals surface area contributed by atoms with E-state index in [1.54, 1.807) is 4.68 Å². The zero-order chi connectivity index (χ0) is 18.1. The van der Waals surface area contributed by atoms with Gasteiger partial charge in [0.15, 0.2) is 0 Å². The fraction of sp³-hybridized carbons (Fsp3) is 0.474. The Balaban J connectivity index is 1.60. The largest absolute Gasteiger partial charge is 0.352 e. The number of nitrogens with zero attached hydrogens (tertiary/aromatic N) is 2. The summed E-state index contributed by atoms with van der Waals surface area (Å²) in [6, 6.07) is 7.86. The number of benzene rings is 1. The third-order valence-corrected chi connectivity index (χ3v) is 5.27. The Morgan fingerprint density at radius 1 is 1.19 bits per heavy atom. The van der Waals surface area contributed by atoms with E-state index in [9.17, 15) is 14.4 Å². The van der Waals surface area contributed by atoms with Crippen molar-refractivity contribution in [3.05, 3.63) is 30.0 Å². The summed E-state index contributed by atoms with van der Waals surface area (Å²) in [5.41, 5.74) is 1.47. The molecule has 136 valence electrons. The minimum atomic E-state index is -0.461. The Morgan fingerprint density at radius 2 is 1.96 bits per heavy atom. The third-order valence-electron chi connectivity index (χ3n) is 5.27. The van der Waals surface area contributed by atoms with E-state index in [0.717, 1.165) is 36.6 Å². The van der Waals surface area contributed by atoms with Gasteiger partial charge in [0.2, 0.25) is 17.7 Å². The number of piperidine rings is 1. The zero-order valence-corrected chi connectivity index (χ0v) is 14.5. The fourth-order valence-electron chi connectivity index (χ4n) is 3.96. The van der Waals surface area contributed by atoms with Gasteiger partial charge in [-0.2, -0.15) is 5.10 Å². The lowest BCUT2D eigenvalue weighted by Crippen LogP contribution is -2.39. The van der Waals surface area contributed by atoms with Gasteiger partial charge in [-0.25, -0.2) is 0 Å². The Labute approximate surface area is 151 Å². The molecule has 3 amide bonds. The number of fused-ring (bicyclic) bond motifs is 1. The van der Waals surface area contributed by atoms with Gasteiger partial charge in [-0.05, 0) is 25.3 Å². The van der Waals surface area contributed by atoms with E-state index in [1.165, 1.54) is 0 Å².